The van der Waals surface area contributed by atoms with Crippen LogP contribution in [-0.4, -0.2) is 17.5 Å². The number of carbonyl (C=O) groups is 1. The fourth-order valence-corrected chi connectivity index (χ4v) is 1.48. The number of carbonyl (C=O) groups excluding carboxylic acids is 1. The SMILES string of the molecule is NC(=O)c1cc(OCCC2CC2)ncc1N. The molecule has 5 heteroatoms. The third-order valence-corrected chi connectivity index (χ3v) is 2.65. The molecular weight excluding hydrogens is 206 g/mol. The number of nitrogen functional groups attached to an aromatic ring is 1. The predicted octanol–water partition coefficient (Wildman–Crippen LogP) is 0.942. The molecule has 0 atom stereocenters. The Morgan fingerprint density at radius 1 is 1.56 bits per heavy atom. The van der Waals surface area contributed by atoms with Crippen LogP contribution in [0.1, 0.15) is 29.6 Å². The summed E-state index contributed by atoms with van der Waals surface area (Å²) >= 11 is 0. The lowest BCUT2D eigenvalue weighted by molar-refractivity contribution is 0.100. The number of amides is 1. The van der Waals surface area contributed by atoms with Gasteiger partial charge in [0.05, 0.1) is 24.1 Å². The van der Waals surface area contributed by atoms with Gasteiger partial charge in [0, 0.05) is 6.07 Å². The Morgan fingerprint density at radius 2 is 2.31 bits per heavy atom. The minimum absolute atomic E-state index is 0.261. The number of primary amides is 1. The number of ether oxygens (including phenoxy) is 1. The zero-order valence-corrected chi connectivity index (χ0v) is 8.98. The predicted molar refractivity (Wildman–Crippen MR) is 60.0 cm³/mol. The van der Waals surface area contributed by atoms with Crippen LogP contribution in [0.2, 0.25) is 0 Å². The van der Waals surface area contributed by atoms with Gasteiger partial charge in [0.15, 0.2) is 0 Å². The van der Waals surface area contributed by atoms with Crippen molar-refractivity contribution in [3.8, 4) is 5.88 Å². The number of aromatic nitrogens is 1. The lowest BCUT2D eigenvalue weighted by Crippen LogP contribution is -2.14. The molecule has 1 aliphatic rings. The van der Waals surface area contributed by atoms with Gasteiger partial charge in [-0.25, -0.2) is 4.98 Å². The highest BCUT2D eigenvalue weighted by molar-refractivity contribution is 5.97. The molecule has 1 aromatic rings. The van der Waals surface area contributed by atoms with E-state index in [1.54, 1.807) is 0 Å². The van der Waals surface area contributed by atoms with Gasteiger partial charge in [-0.3, -0.25) is 4.79 Å². The Labute approximate surface area is 93.8 Å². The minimum Gasteiger partial charge on any atom is -0.478 e. The highest BCUT2D eigenvalue weighted by Crippen LogP contribution is 2.32. The fourth-order valence-electron chi connectivity index (χ4n) is 1.48. The van der Waals surface area contributed by atoms with E-state index in [4.69, 9.17) is 16.2 Å². The third-order valence-electron chi connectivity index (χ3n) is 2.65. The second-order valence-corrected chi connectivity index (χ2v) is 4.05. The monoisotopic (exact) mass is 221 g/mol. The summed E-state index contributed by atoms with van der Waals surface area (Å²) < 4.78 is 5.43. The van der Waals surface area contributed by atoms with E-state index < -0.39 is 5.91 Å². The summed E-state index contributed by atoms with van der Waals surface area (Å²) in [5.74, 6) is 0.653. The summed E-state index contributed by atoms with van der Waals surface area (Å²) in [4.78, 5) is 15.0. The topological polar surface area (TPSA) is 91.2 Å². The Kier molecular flexibility index (Phi) is 2.94. The molecule has 1 saturated carbocycles. The van der Waals surface area contributed by atoms with Crippen LogP contribution in [0, 0.1) is 5.92 Å². The van der Waals surface area contributed by atoms with Gasteiger partial charge in [0.25, 0.3) is 5.91 Å². The molecule has 5 nitrogen and oxygen atoms in total. The zero-order valence-electron chi connectivity index (χ0n) is 8.98. The molecule has 0 bridgehead atoms. The largest absolute Gasteiger partial charge is 0.478 e. The third kappa shape index (κ3) is 2.62. The van der Waals surface area contributed by atoms with Gasteiger partial charge < -0.3 is 16.2 Å². The lowest BCUT2D eigenvalue weighted by Gasteiger charge is -2.06. The van der Waals surface area contributed by atoms with Crippen LogP contribution in [0.25, 0.3) is 0 Å². The molecule has 4 N–H and O–H groups in total. The van der Waals surface area contributed by atoms with Crippen LogP contribution in [0.4, 0.5) is 5.69 Å². The van der Waals surface area contributed by atoms with Crippen molar-refractivity contribution in [2.24, 2.45) is 11.7 Å². The van der Waals surface area contributed by atoms with E-state index >= 15 is 0 Å². The Bertz CT molecular complexity index is 402. The number of anilines is 1. The van der Waals surface area contributed by atoms with Crippen LogP contribution < -0.4 is 16.2 Å². The molecule has 1 heterocycles. The Balaban J connectivity index is 1.97. The highest BCUT2D eigenvalue weighted by atomic mass is 16.5. The normalized spacial score (nSPS) is 14.8. The molecule has 0 aliphatic heterocycles. The first-order chi connectivity index (χ1) is 7.66. The summed E-state index contributed by atoms with van der Waals surface area (Å²) in [6, 6.07) is 1.49. The molecule has 0 spiro atoms. The smallest absolute Gasteiger partial charge is 0.251 e. The first kappa shape index (κ1) is 10.7. The summed E-state index contributed by atoms with van der Waals surface area (Å²) in [6.45, 7) is 0.625. The van der Waals surface area contributed by atoms with Crippen molar-refractivity contribution in [1.82, 2.24) is 4.98 Å². The van der Waals surface area contributed by atoms with E-state index in [0.29, 0.717) is 12.5 Å². The summed E-state index contributed by atoms with van der Waals surface area (Å²) in [7, 11) is 0. The average Bonchev–Trinajstić information content (AvgIpc) is 3.04. The average molecular weight is 221 g/mol. The number of pyridine rings is 1. The van der Waals surface area contributed by atoms with Crippen molar-refractivity contribution in [2.45, 2.75) is 19.3 Å². The Hall–Kier alpha value is -1.78. The maximum Gasteiger partial charge on any atom is 0.251 e. The molecule has 0 saturated heterocycles. The van der Waals surface area contributed by atoms with Crippen LogP contribution >= 0.6 is 0 Å². The van der Waals surface area contributed by atoms with Gasteiger partial charge in [-0.05, 0) is 12.3 Å². The highest BCUT2D eigenvalue weighted by Gasteiger charge is 2.20. The molecule has 86 valence electrons. The van der Waals surface area contributed by atoms with Gasteiger partial charge in [-0.2, -0.15) is 0 Å². The van der Waals surface area contributed by atoms with Crippen molar-refractivity contribution >= 4 is 11.6 Å². The summed E-state index contributed by atoms with van der Waals surface area (Å²) in [5.41, 5.74) is 11.3. The molecule has 2 rings (SSSR count). The van der Waals surface area contributed by atoms with E-state index in [1.807, 2.05) is 0 Å². The quantitative estimate of drug-likeness (QED) is 0.774. The molecule has 1 aliphatic carbocycles. The second-order valence-electron chi connectivity index (χ2n) is 4.05. The Morgan fingerprint density at radius 3 is 2.94 bits per heavy atom. The number of nitrogens with zero attached hydrogens (tertiary/aromatic N) is 1. The van der Waals surface area contributed by atoms with Crippen molar-refractivity contribution in [3.05, 3.63) is 17.8 Å². The van der Waals surface area contributed by atoms with Crippen molar-refractivity contribution in [3.63, 3.8) is 0 Å². The number of hydrogen-bond acceptors (Lipinski definition) is 4. The fraction of sp³-hybridized carbons (Fsp3) is 0.455. The number of nitrogens with two attached hydrogens (primary N) is 2. The van der Waals surface area contributed by atoms with Crippen molar-refractivity contribution < 1.29 is 9.53 Å². The maximum absolute atomic E-state index is 11.0. The first-order valence-electron chi connectivity index (χ1n) is 5.35. The van der Waals surface area contributed by atoms with Gasteiger partial charge >= 0.3 is 0 Å². The second kappa shape index (κ2) is 4.38. The minimum atomic E-state index is -0.563. The van der Waals surface area contributed by atoms with Gasteiger partial charge in [0.2, 0.25) is 5.88 Å². The molecule has 0 aromatic carbocycles. The van der Waals surface area contributed by atoms with Gasteiger partial charge in [0.1, 0.15) is 0 Å². The standard InChI is InChI=1S/C11H15N3O2/c12-9-6-14-10(5-8(9)11(13)15)16-4-3-7-1-2-7/h5-7H,1-4,12H2,(H2,13,15). The molecule has 0 unspecified atom stereocenters. The molecule has 1 fully saturated rings. The van der Waals surface area contributed by atoms with Crippen LogP contribution in [0.3, 0.4) is 0 Å². The van der Waals surface area contributed by atoms with Crippen LogP contribution in [-0.2, 0) is 0 Å². The van der Waals surface area contributed by atoms with Crippen LogP contribution in [0.5, 0.6) is 5.88 Å². The van der Waals surface area contributed by atoms with E-state index in [9.17, 15) is 4.79 Å². The van der Waals surface area contributed by atoms with E-state index in [2.05, 4.69) is 4.98 Å². The van der Waals surface area contributed by atoms with E-state index in [1.165, 1.54) is 25.1 Å². The van der Waals surface area contributed by atoms with Crippen molar-refractivity contribution in [2.75, 3.05) is 12.3 Å². The maximum atomic E-state index is 11.0. The molecule has 1 amide bonds. The summed E-state index contributed by atoms with van der Waals surface area (Å²) in [5, 5.41) is 0. The number of hydrogen-bond donors (Lipinski definition) is 2. The molecular formula is C11H15N3O2. The number of rotatable bonds is 5. The van der Waals surface area contributed by atoms with Crippen molar-refractivity contribution in [1.29, 1.82) is 0 Å². The van der Waals surface area contributed by atoms with E-state index in [0.717, 1.165) is 12.3 Å². The van der Waals surface area contributed by atoms with Gasteiger partial charge in [-0.15, -0.1) is 0 Å². The first-order valence-corrected chi connectivity index (χ1v) is 5.35. The van der Waals surface area contributed by atoms with Crippen LogP contribution in [0.15, 0.2) is 12.3 Å². The molecule has 16 heavy (non-hydrogen) atoms. The van der Waals surface area contributed by atoms with E-state index in [-0.39, 0.29) is 11.3 Å². The molecule has 0 radical (unpaired) electrons. The lowest BCUT2D eigenvalue weighted by atomic mass is 10.2. The molecule has 1 aromatic heterocycles. The summed E-state index contributed by atoms with van der Waals surface area (Å²) in [6.07, 6.45) is 5.03. The zero-order chi connectivity index (χ0) is 11.5. The van der Waals surface area contributed by atoms with Gasteiger partial charge in [-0.1, -0.05) is 12.8 Å².